The van der Waals surface area contributed by atoms with E-state index in [0.29, 0.717) is 18.5 Å². The molecule has 0 heterocycles. The van der Waals surface area contributed by atoms with Crippen molar-refractivity contribution in [3.8, 4) is 5.75 Å². The molecule has 1 amide bonds. The number of rotatable bonds is 7. The summed E-state index contributed by atoms with van der Waals surface area (Å²) in [6.45, 7) is 0. The first-order valence-electron chi connectivity index (χ1n) is 9.83. The first kappa shape index (κ1) is 23.2. The highest BCUT2D eigenvalue weighted by Gasteiger charge is 2.30. The van der Waals surface area contributed by atoms with Crippen LogP contribution in [0.3, 0.4) is 0 Å². The summed E-state index contributed by atoms with van der Waals surface area (Å²) < 4.78 is 56.6. The standard InChI is InChI=1S/C21H26N2O6S2/c1-23(2)31(27,28)20-14-15(8-13-19(20)29-3)21(24)22-16-9-11-18(12-10-16)30(25,26)17-6-4-5-7-17/h8-14,17H,4-7H2,1-3H3,(H,22,24). The van der Waals surface area contributed by atoms with Crippen molar-refractivity contribution in [1.29, 1.82) is 0 Å². The van der Waals surface area contributed by atoms with Crippen LogP contribution in [0, 0.1) is 0 Å². The molecule has 0 bridgehead atoms. The van der Waals surface area contributed by atoms with Gasteiger partial charge in [0.25, 0.3) is 5.91 Å². The summed E-state index contributed by atoms with van der Waals surface area (Å²) in [5.41, 5.74) is 0.534. The maximum Gasteiger partial charge on any atom is 0.255 e. The summed E-state index contributed by atoms with van der Waals surface area (Å²) in [6.07, 6.45) is 3.20. The molecule has 2 aromatic rings. The number of hydrogen-bond donors (Lipinski definition) is 1. The molecular weight excluding hydrogens is 440 g/mol. The van der Waals surface area contributed by atoms with Crippen LogP contribution in [-0.4, -0.2) is 53.5 Å². The number of nitrogens with one attached hydrogen (secondary N) is 1. The van der Waals surface area contributed by atoms with Gasteiger partial charge in [-0.25, -0.2) is 21.1 Å². The molecule has 2 aromatic carbocycles. The molecule has 1 saturated carbocycles. The zero-order chi connectivity index (χ0) is 22.8. The number of sulfonamides is 1. The number of carbonyl (C=O) groups is 1. The summed E-state index contributed by atoms with van der Waals surface area (Å²) in [5.74, 6) is -0.393. The molecule has 0 aliphatic heterocycles. The van der Waals surface area contributed by atoms with Crippen LogP contribution in [0.2, 0.25) is 0 Å². The van der Waals surface area contributed by atoms with E-state index >= 15 is 0 Å². The van der Waals surface area contributed by atoms with Crippen LogP contribution in [-0.2, 0) is 19.9 Å². The van der Waals surface area contributed by atoms with Gasteiger partial charge in [0.2, 0.25) is 10.0 Å². The average molecular weight is 467 g/mol. The summed E-state index contributed by atoms with van der Waals surface area (Å²) >= 11 is 0. The van der Waals surface area contributed by atoms with E-state index in [9.17, 15) is 21.6 Å². The van der Waals surface area contributed by atoms with Crippen molar-refractivity contribution in [2.45, 2.75) is 40.7 Å². The molecule has 0 saturated heterocycles. The Morgan fingerprint density at radius 2 is 1.61 bits per heavy atom. The molecule has 3 rings (SSSR count). The van der Waals surface area contributed by atoms with E-state index in [2.05, 4.69) is 5.32 Å². The van der Waals surface area contributed by atoms with Gasteiger partial charge in [0.05, 0.1) is 17.3 Å². The van der Waals surface area contributed by atoms with Crippen LogP contribution in [0.25, 0.3) is 0 Å². The second kappa shape index (κ2) is 8.97. The highest BCUT2D eigenvalue weighted by Crippen LogP contribution is 2.30. The Bertz CT molecular complexity index is 1170. The van der Waals surface area contributed by atoms with Crippen molar-refractivity contribution in [2.24, 2.45) is 0 Å². The number of methoxy groups -OCH3 is 1. The maximum atomic E-state index is 12.7. The third-order valence-corrected chi connectivity index (χ3v) is 9.48. The molecule has 31 heavy (non-hydrogen) atoms. The van der Waals surface area contributed by atoms with Crippen LogP contribution in [0.1, 0.15) is 36.0 Å². The lowest BCUT2D eigenvalue weighted by Crippen LogP contribution is -2.23. The number of anilines is 1. The zero-order valence-electron chi connectivity index (χ0n) is 17.7. The lowest BCUT2D eigenvalue weighted by molar-refractivity contribution is 0.102. The molecule has 0 atom stereocenters. The largest absolute Gasteiger partial charge is 0.495 e. The number of hydrogen-bond acceptors (Lipinski definition) is 6. The van der Waals surface area contributed by atoms with Gasteiger partial charge in [0.15, 0.2) is 9.84 Å². The molecular formula is C21H26N2O6S2. The number of benzene rings is 2. The minimum absolute atomic E-state index is 0.120. The zero-order valence-corrected chi connectivity index (χ0v) is 19.3. The predicted octanol–water partition coefficient (Wildman–Crippen LogP) is 2.91. The molecule has 1 aliphatic carbocycles. The van der Waals surface area contributed by atoms with E-state index in [1.165, 1.54) is 63.7 Å². The number of carbonyl (C=O) groups excluding carboxylic acids is 1. The minimum atomic E-state index is -3.82. The van der Waals surface area contributed by atoms with Crippen LogP contribution < -0.4 is 10.1 Å². The molecule has 0 radical (unpaired) electrons. The van der Waals surface area contributed by atoms with Gasteiger partial charge in [-0.2, -0.15) is 0 Å². The normalized spacial score (nSPS) is 15.2. The van der Waals surface area contributed by atoms with Gasteiger partial charge in [-0.15, -0.1) is 0 Å². The molecule has 1 aliphatic rings. The first-order valence-corrected chi connectivity index (χ1v) is 12.8. The Hall–Kier alpha value is -2.43. The minimum Gasteiger partial charge on any atom is -0.495 e. The number of ether oxygens (including phenoxy) is 1. The van der Waals surface area contributed by atoms with Crippen molar-refractivity contribution >= 4 is 31.5 Å². The van der Waals surface area contributed by atoms with Gasteiger partial charge in [-0.1, -0.05) is 12.8 Å². The number of nitrogens with zero attached hydrogens (tertiary/aromatic N) is 1. The Morgan fingerprint density at radius 3 is 2.16 bits per heavy atom. The van der Waals surface area contributed by atoms with Gasteiger partial charge < -0.3 is 10.1 Å². The lowest BCUT2D eigenvalue weighted by Gasteiger charge is -2.15. The van der Waals surface area contributed by atoms with Gasteiger partial charge in [-0.3, -0.25) is 4.79 Å². The summed E-state index contributed by atoms with van der Waals surface area (Å²) in [6, 6.07) is 10.2. The van der Waals surface area contributed by atoms with Crippen molar-refractivity contribution < 1.29 is 26.4 Å². The second-order valence-corrected chi connectivity index (χ2v) is 11.9. The fraction of sp³-hybridized carbons (Fsp3) is 0.381. The predicted molar refractivity (Wildman–Crippen MR) is 118 cm³/mol. The highest BCUT2D eigenvalue weighted by atomic mass is 32.2. The molecule has 1 N–H and O–H groups in total. The van der Waals surface area contributed by atoms with Crippen LogP contribution in [0.5, 0.6) is 5.75 Å². The lowest BCUT2D eigenvalue weighted by atomic mass is 10.2. The van der Waals surface area contributed by atoms with Gasteiger partial charge in [-0.05, 0) is 55.3 Å². The summed E-state index contributed by atoms with van der Waals surface area (Å²) in [7, 11) is -3.05. The molecule has 10 heteroatoms. The third-order valence-electron chi connectivity index (χ3n) is 5.37. The molecule has 8 nitrogen and oxygen atoms in total. The summed E-state index contributed by atoms with van der Waals surface area (Å²) in [5, 5.41) is 2.33. The molecule has 1 fully saturated rings. The van der Waals surface area contributed by atoms with Gasteiger partial charge in [0, 0.05) is 25.3 Å². The SMILES string of the molecule is COc1ccc(C(=O)Nc2ccc(S(=O)(=O)C3CCCC3)cc2)cc1S(=O)(=O)N(C)C. The van der Waals surface area contributed by atoms with Gasteiger partial charge >= 0.3 is 0 Å². The smallest absolute Gasteiger partial charge is 0.255 e. The van der Waals surface area contributed by atoms with E-state index in [4.69, 9.17) is 4.74 Å². The quantitative estimate of drug-likeness (QED) is 0.672. The number of amides is 1. The Morgan fingerprint density at radius 1 is 1.00 bits per heavy atom. The molecule has 0 spiro atoms. The molecule has 0 aromatic heterocycles. The Kier molecular flexibility index (Phi) is 6.73. The summed E-state index contributed by atoms with van der Waals surface area (Å²) in [4.78, 5) is 12.8. The topological polar surface area (TPSA) is 110 Å². The highest BCUT2D eigenvalue weighted by molar-refractivity contribution is 7.92. The van der Waals surface area contributed by atoms with Crippen molar-refractivity contribution in [3.63, 3.8) is 0 Å². The Labute approximate surface area is 183 Å². The Balaban J connectivity index is 1.82. The average Bonchev–Trinajstić information content (AvgIpc) is 3.29. The van der Waals surface area contributed by atoms with Crippen LogP contribution in [0.4, 0.5) is 5.69 Å². The van der Waals surface area contributed by atoms with E-state index in [1.54, 1.807) is 0 Å². The number of sulfone groups is 1. The van der Waals surface area contributed by atoms with Gasteiger partial charge in [0.1, 0.15) is 10.6 Å². The van der Waals surface area contributed by atoms with Crippen molar-refractivity contribution in [3.05, 3.63) is 48.0 Å². The molecule has 168 valence electrons. The fourth-order valence-corrected chi connectivity index (χ4v) is 6.47. The molecule has 0 unspecified atom stereocenters. The van der Waals surface area contributed by atoms with Crippen LogP contribution in [0.15, 0.2) is 52.3 Å². The van der Waals surface area contributed by atoms with E-state index in [0.717, 1.165) is 17.1 Å². The fourth-order valence-electron chi connectivity index (χ4n) is 3.54. The van der Waals surface area contributed by atoms with E-state index < -0.39 is 25.8 Å². The third kappa shape index (κ3) is 4.76. The monoisotopic (exact) mass is 466 g/mol. The van der Waals surface area contributed by atoms with E-state index in [1.807, 2.05) is 0 Å². The van der Waals surface area contributed by atoms with Crippen LogP contribution >= 0.6 is 0 Å². The maximum absolute atomic E-state index is 12.7. The van der Waals surface area contributed by atoms with Crippen molar-refractivity contribution in [1.82, 2.24) is 4.31 Å². The van der Waals surface area contributed by atoms with Crippen molar-refractivity contribution in [2.75, 3.05) is 26.5 Å². The van der Waals surface area contributed by atoms with E-state index in [-0.39, 0.29) is 26.4 Å². The first-order chi connectivity index (χ1) is 14.6. The second-order valence-electron chi connectivity index (χ2n) is 7.58.